The molecule has 2 rings (SSSR count). The molecule has 0 radical (unpaired) electrons. The Balaban J connectivity index is 2.44. The second-order valence-corrected chi connectivity index (χ2v) is 4.35. The van der Waals surface area contributed by atoms with Crippen LogP contribution in [0.4, 0.5) is 5.82 Å². The first-order chi connectivity index (χ1) is 7.72. The van der Waals surface area contributed by atoms with Crippen molar-refractivity contribution in [2.75, 3.05) is 5.73 Å². The van der Waals surface area contributed by atoms with Gasteiger partial charge in [0.25, 0.3) is 0 Å². The van der Waals surface area contributed by atoms with E-state index in [-0.39, 0.29) is 0 Å². The minimum Gasteiger partial charge on any atom is -0.383 e. The summed E-state index contributed by atoms with van der Waals surface area (Å²) in [4.78, 5) is 4.32. The highest BCUT2D eigenvalue weighted by Gasteiger charge is 2.08. The highest BCUT2D eigenvalue weighted by atomic mass is 79.9. The normalized spacial score (nSPS) is 10.3. The fourth-order valence-electron chi connectivity index (χ4n) is 1.53. The lowest BCUT2D eigenvalue weighted by molar-refractivity contribution is 0.833. The van der Waals surface area contributed by atoms with Gasteiger partial charge >= 0.3 is 0 Å². The number of nitrogen functional groups attached to an aromatic ring is 1. The van der Waals surface area contributed by atoms with Gasteiger partial charge in [0.15, 0.2) is 0 Å². The van der Waals surface area contributed by atoms with Crippen LogP contribution in [-0.4, -0.2) is 9.55 Å². The zero-order valence-electron chi connectivity index (χ0n) is 8.73. The van der Waals surface area contributed by atoms with Gasteiger partial charge in [-0.1, -0.05) is 34.1 Å². The molecule has 0 aliphatic carbocycles. The van der Waals surface area contributed by atoms with Gasteiger partial charge in [0.2, 0.25) is 0 Å². The van der Waals surface area contributed by atoms with Crippen LogP contribution in [0.2, 0.25) is 0 Å². The van der Waals surface area contributed by atoms with Crippen molar-refractivity contribution >= 4 is 21.7 Å². The number of hydrogen-bond acceptors (Lipinski definition) is 2. The molecule has 0 atom stereocenters. The van der Waals surface area contributed by atoms with E-state index >= 15 is 0 Å². The number of halogens is 1. The molecule has 16 heavy (non-hydrogen) atoms. The van der Waals surface area contributed by atoms with Crippen molar-refractivity contribution in [1.82, 2.24) is 9.55 Å². The second-order valence-electron chi connectivity index (χ2n) is 3.43. The average Bonchev–Trinajstić information content (AvgIpc) is 2.61. The van der Waals surface area contributed by atoms with Gasteiger partial charge in [-0.25, -0.2) is 4.98 Å². The molecule has 0 amide bonds. The third kappa shape index (κ3) is 2.02. The number of nitrogens with two attached hydrogens (primary N) is 1. The topological polar surface area (TPSA) is 43.8 Å². The van der Waals surface area contributed by atoms with Crippen molar-refractivity contribution in [3.8, 4) is 11.3 Å². The van der Waals surface area contributed by atoms with Crippen molar-refractivity contribution in [1.29, 1.82) is 0 Å². The van der Waals surface area contributed by atoms with E-state index in [9.17, 15) is 0 Å². The fourth-order valence-corrected chi connectivity index (χ4v) is 1.93. The predicted octanol–water partition coefficient (Wildman–Crippen LogP) is 3.08. The Morgan fingerprint density at radius 2 is 2.31 bits per heavy atom. The molecule has 2 N–H and O–H groups in total. The van der Waals surface area contributed by atoms with Gasteiger partial charge in [0, 0.05) is 16.6 Å². The number of allylic oxidation sites excluding steroid dienone is 1. The molecule has 0 spiro atoms. The number of benzene rings is 1. The van der Waals surface area contributed by atoms with E-state index < -0.39 is 0 Å². The number of rotatable bonds is 3. The highest BCUT2D eigenvalue weighted by molar-refractivity contribution is 9.10. The Kier molecular flexibility index (Phi) is 3.10. The maximum Gasteiger partial charge on any atom is 0.131 e. The Labute approximate surface area is 103 Å². The van der Waals surface area contributed by atoms with E-state index in [0.29, 0.717) is 12.4 Å². The summed E-state index contributed by atoms with van der Waals surface area (Å²) in [7, 11) is 0. The molecule has 1 heterocycles. The Morgan fingerprint density at radius 3 is 3.00 bits per heavy atom. The molecule has 0 saturated heterocycles. The first kappa shape index (κ1) is 11.0. The van der Waals surface area contributed by atoms with Crippen LogP contribution in [0.15, 0.2) is 47.7 Å². The van der Waals surface area contributed by atoms with Crippen LogP contribution < -0.4 is 5.73 Å². The summed E-state index contributed by atoms with van der Waals surface area (Å²) in [6.07, 6.45) is 3.52. The predicted molar refractivity (Wildman–Crippen MR) is 70.0 cm³/mol. The third-order valence-electron chi connectivity index (χ3n) is 2.30. The van der Waals surface area contributed by atoms with E-state index in [1.807, 2.05) is 28.8 Å². The van der Waals surface area contributed by atoms with Gasteiger partial charge in [0.1, 0.15) is 11.5 Å². The van der Waals surface area contributed by atoms with Gasteiger partial charge < -0.3 is 10.3 Å². The first-order valence-electron chi connectivity index (χ1n) is 4.90. The molecule has 82 valence electrons. The zero-order chi connectivity index (χ0) is 11.5. The molecule has 4 heteroatoms. The molecule has 0 fully saturated rings. The first-order valence-corrected chi connectivity index (χ1v) is 5.69. The zero-order valence-corrected chi connectivity index (χ0v) is 10.3. The van der Waals surface area contributed by atoms with Gasteiger partial charge in [0.05, 0.1) is 6.33 Å². The molecule has 0 unspecified atom stereocenters. The van der Waals surface area contributed by atoms with Crippen molar-refractivity contribution in [3.05, 3.63) is 47.7 Å². The quantitative estimate of drug-likeness (QED) is 0.877. The lowest BCUT2D eigenvalue weighted by atomic mass is 10.1. The summed E-state index contributed by atoms with van der Waals surface area (Å²) in [5, 5.41) is 0. The van der Waals surface area contributed by atoms with Crippen LogP contribution in [0.3, 0.4) is 0 Å². The average molecular weight is 278 g/mol. The lowest BCUT2D eigenvalue weighted by Crippen LogP contribution is -2.00. The largest absolute Gasteiger partial charge is 0.383 e. The van der Waals surface area contributed by atoms with Crippen LogP contribution in [0.25, 0.3) is 11.3 Å². The summed E-state index contributed by atoms with van der Waals surface area (Å²) in [6.45, 7) is 4.35. The van der Waals surface area contributed by atoms with Crippen molar-refractivity contribution in [2.24, 2.45) is 0 Å². The van der Waals surface area contributed by atoms with Gasteiger partial charge in [-0.2, -0.15) is 0 Å². The maximum atomic E-state index is 6.01. The smallest absolute Gasteiger partial charge is 0.131 e. The maximum absolute atomic E-state index is 6.01. The monoisotopic (exact) mass is 277 g/mol. The summed E-state index contributed by atoms with van der Waals surface area (Å²) in [5.74, 6) is 0.665. The summed E-state index contributed by atoms with van der Waals surface area (Å²) >= 11 is 3.43. The minimum atomic E-state index is 0.665. The van der Waals surface area contributed by atoms with Crippen molar-refractivity contribution < 1.29 is 0 Å². The fraction of sp³-hybridized carbons (Fsp3) is 0.0833. The van der Waals surface area contributed by atoms with Crippen LogP contribution in [0.5, 0.6) is 0 Å². The summed E-state index contributed by atoms with van der Waals surface area (Å²) < 4.78 is 2.88. The van der Waals surface area contributed by atoms with Crippen molar-refractivity contribution in [2.45, 2.75) is 6.54 Å². The Hall–Kier alpha value is -1.55. The minimum absolute atomic E-state index is 0.665. The summed E-state index contributed by atoms with van der Waals surface area (Å²) in [6, 6.07) is 7.92. The van der Waals surface area contributed by atoms with E-state index in [4.69, 9.17) is 5.73 Å². The van der Waals surface area contributed by atoms with Crippen LogP contribution in [0, 0.1) is 0 Å². The molecule has 2 aromatic rings. The van der Waals surface area contributed by atoms with E-state index in [2.05, 4.69) is 27.5 Å². The molecule has 1 aromatic heterocycles. The standard InChI is InChI=1S/C12H12BrN3/c1-2-6-16-8-15-11(12(16)14)9-4-3-5-10(13)7-9/h2-5,7-8H,1,6,14H2. The van der Waals surface area contributed by atoms with E-state index in [1.54, 1.807) is 12.4 Å². The van der Waals surface area contributed by atoms with Crippen LogP contribution in [0.1, 0.15) is 0 Å². The molecule has 1 aromatic carbocycles. The SMILES string of the molecule is C=CCn1cnc(-c2cccc(Br)c2)c1N. The lowest BCUT2D eigenvalue weighted by Gasteiger charge is -2.02. The molecule has 0 aliphatic heterocycles. The highest BCUT2D eigenvalue weighted by Crippen LogP contribution is 2.26. The summed E-state index contributed by atoms with van der Waals surface area (Å²) in [5.41, 5.74) is 7.83. The second kappa shape index (κ2) is 4.53. The molecular formula is C12H12BrN3. The van der Waals surface area contributed by atoms with Crippen LogP contribution in [-0.2, 0) is 6.54 Å². The Bertz CT molecular complexity index is 517. The van der Waals surface area contributed by atoms with E-state index in [1.165, 1.54) is 0 Å². The van der Waals surface area contributed by atoms with Crippen LogP contribution >= 0.6 is 15.9 Å². The molecule has 0 saturated carbocycles. The molecule has 3 nitrogen and oxygen atoms in total. The number of anilines is 1. The van der Waals surface area contributed by atoms with Crippen molar-refractivity contribution in [3.63, 3.8) is 0 Å². The van der Waals surface area contributed by atoms with Gasteiger partial charge in [-0.3, -0.25) is 0 Å². The molecule has 0 bridgehead atoms. The third-order valence-corrected chi connectivity index (χ3v) is 2.80. The number of hydrogen-bond donors (Lipinski definition) is 1. The Morgan fingerprint density at radius 1 is 1.50 bits per heavy atom. The number of nitrogens with zero attached hydrogens (tertiary/aromatic N) is 2. The van der Waals surface area contributed by atoms with Gasteiger partial charge in [-0.05, 0) is 12.1 Å². The molecular weight excluding hydrogens is 266 g/mol. The van der Waals surface area contributed by atoms with E-state index in [0.717, 1.165) is 15.7 Å². The molecule has 0 aliphatic rings. The van der Waals surface area contributed by atoms with Gasteiger partial charge in [-0.15, -0.1) is 6.58 Å². The number of aromatic nitrogens is 2. The number of imidazole rings is 1.